The van der Waals surface area contributed by atoms with Crippen LogP contribution in [0.1, 0.15) is 23.7 Å². The molecule has 0 aliphatic carbocycles. The lowest BCUT2D eigenvalue weighted by molar-refractivity contribution is 0.0697. The Balaban J connectivity index is 1.87. The molecule has 1 aliphatic heterocycles. The quantitative estimate of drug-likeness (QED) is 0.797. The molecular formula is C14H17ClN2O4. The molecule has 2 rings (SSSR count). The molecular weight excluding hydrogens is 296 g/mol. The highest BCUT2D eigenvalue weighted by Crippen LogP contribution is 2.21. The number of carboxylic acids is 1. The second-order valence-corrected chi connectivity index (χ2v) is 5.37. The molecule has 0 radical (unpaired) electrons. The number of nitrogens with one attached hydrogen (secondary N) is 2. The molecule has 114 valence electrons. The van der Waals surface area contributed by atoms with Crippen molar-refractivity contribution in [3.8, 4) is 0 Å². The lowest BCUT2D eigenvalue weighted by atomic mass is 10.0. The fourth-order valence-corrected chi connectivity index (χ4v) is 2.47. The highest BCUT2D eigenvalue weighted by atomic mass is 35.5. The van der Waals surface area contributed by atoms with Crippen molar-refractivity contribution in [3.05, 3.63) is 28.8 Å². The Morgan fingerprint density at radius 3 is 2.81 bits per heavy atom. The minimum atomic E-state index is -1.11. The zero-order valence-corrected chi connectivity index (χ0v) is 12.3. The third-order valence-corrected chi connectivity index (χ3v) is 3.83. The van der Waals surface area contributed by atoms with E-state index in [0.29, 0.717) is 18.2 Å². The van der Waals surface area contributed by atoms with Crippen LogP contribution in [0, 0.1) is 5.92 Å². The number of hydrogen-bond donors (Lipinski definition) is 3. The largest absolute Gasteiger partial charge is 0.478 e. The molecule has 1 fully saturated rings. The van der Waals surface area contributed by atoms with Crippen LogP contribution >= 0.6 is 11.6 Å². The van der Waals surface area contributed by atoms with E-state index >= 15 is 0 Å². The molecule has 7 heteroatoms. The number of benzene rings is 1. The van der Waals surface area contributed by atoms with E-state index in [0.717, 1.165) is 13.0 Å². The molecule has 2 unspecified atom stereocenters. The maximum Gasteiger partial charge on any atom is 0.337 e. The molecule has 6 nitrogen and oxygen atoms in total. The molecule has 0 aromatic heterocycles. The van der Waals surface area contributed by atoms with Gasteiger partial charge in [-0.05, 0) is 31.5 Å². The number of aromatic carboxylic acids is 1. The van der Waals surface area contributed by atoms with Gasteiger partial charge in [0, 0.05) is 24.8 Å². The van der Waals surface area contributed by atoms with Gasteiger partial charge in [0.15, 0.2) is 0 Å². The first-order valence-corrected chi connectivity index (χ1v) is 7.04. The van der Waals surface area contributed by atoms with Crippen LogP contribution < -0.4 is 10.6 Å². The van der Waals surface area contributed by atoms with Gasteiger partial charge in [-0.1, -0.05) is 11.6 Å². The number of ether oxygens (including phenoxy) is 1. The van der Waals surface area contributed by atoms with Gasteiger partial charge < -0.3 is 20.5 Å². The summed E-state index contributed by atoms with van der Waals surface area (Å²) < 4.78 is 5.42. The topological polar surface area (TPSA) is 87.7 Å². The number of urea groups is 1. The summed E-state index contributed by atoms with van der Waals surface area (Å²) in [6, 6.07) is 3.91. The summed E-state index contributed by atoms with van der Waals surface area (Å²) in [5.41, 5.74) is 0.442. The summed E-state index contributed by atoms with van der Waals surface area (Å²) in [6.45, 7) is 3.25. The smallest absolute Gasteiger partial charge is 0.337 e. The number of anilines is 1. The zero-order valence-electron chi connectivity index (χ0n) is 11.6. The maximum absolute atomic E-state index is 11.8. The number of carbonyl (C=O) groups excluding carboxylic acids is 1. The molecule has 0 bridgehead atoms. The molecule has 1 aliphatic rings. The Kier molecular flexibility index (Phi) is 5.03. The first kappa shape index (κ1) is 15.6. The lowest BCUT2D eigenvalue weighted by Gasteiger charge is -2.15. The molecule has 1 aromatic rings. The number of rotatable bonds is 4. The van der Waals surface area contributed by atoms with Crippen LogP contribution in [0.2, 0.25) is 5.02 Å². The first-order valence-electron chi connectivity index (χ1n) is 6.66. The van der Waals surface area contributed by atoms with Crippen molar-refractivity contribution in [2.75, 3.05) is 18.5 Å². The number of amides is 2. The van der Waals surface area contributed by atoms with E-state index in [1.54, 1.807) is 0 Å². The van der Waals surface area contributed by atoms with Crippen molar-refractivity contribution >= 4 is 29.3 Å². The molecule has 2 atom stereocenters. The predicted molar refractivity (Wildman–Crippen MR) is 79.0 cm³/mol. The van der Waals surface area contributed by atoms with Crippen molar-refractivity contribution in [1.29, 1.82) is 0 Å². The Hall–Kier alpha value is -1.79. The van der Waals surface area contributed by atoms with E-state index in [9.17, 15) is 9.59 Å². The number of hydrogen-bond acceptors (Lipinski definition) is 3. The molecule has 21 heavy (non-hydrogen) atoms. The van der Waals surface area contributed by atoms with Crippen molar-refractivity contribution in [2.24, 2.45) is 5.92 Å². The normalized spacial score (nSPS) is 21.0. The molecule has 3 N–H and O–H groups in total. The van der Waals surface area contributed by atoms with E-state index in [4.69, 9.17) is 21.4 Å². The second-order valence-electron chi connectivity index (χ2n) is 4.96. The highest BCUT2D eigenvalue weighted by molar-refractivity contribution is 6.33. The standard InChI is InChI=1S/C14H17ClN2O4/c1-8-9(4-5-21-8)7-16-14(20)17-10-2-3-11(13(18)19)12(15)6-10/h2-3,6,8-9H,4-5,7H2,1H3,(H,18,19)(H2,16,17,20). The fraction of sp³-hybridized carbons (Fsp3) is 0.429. The van der Waals surface area contributed by atoms with Gasteiger partial charge in [-0.2, -0.15) is 0 Å². The van der Waals surface area contributed by atoms with Gasteiger partial charge in [0.05, 0.1) is 16.7 Å². The second kappa shape index (κ2) is 6.78. The Labute approximate surface area is 127 Å². The zero-order chi connectivity index (χ0) is 15.4. The number of halogens is 1. The summed E-state index contributed by atoms with van der Waals surface area (Å²) in [5, 5.41) is 14.3. The Bertz CT molecular complexity index is 550. The molecule has 1 heterocycles. The fourth-order valence-electron chi connectivity index (χ4n) is 2.21. The molecule has 0 saturated carbocycles. The van der Waals surface area contributed by atoms with Crippen molar-refractivity contribution in [2.45, 2.75) is 19.4 Å². The van der Waals surface area contributed by atoms with Gasteiger partial charge in [0.2, 0.25) is 0 Å². The van der Waals surface area contributed by atoms with E-state index in [1.807, 2.05) is 6.92 Å². The van der Waals surface area contributed by atoms with Crippen molar-refractivity contribution in [1.82, 2.24) is 5.32 Å². The average Bonchev–Trinajstić information content (AvgIpc) is 2.81. The lowest BCUT2D eigenvalue weighted by Crippen LogP contribution is -2.35. The SMILES string of the molecule is CC1OCCC1CNC(=O)Nc1ccc(C(=O)O)c(Cl)c1. The van der Waals surface area contributed by atoms with Gasteiger partial charge >= 0.3 is 12.0 Å². The number of carboxylic acid groups (broad SMARTS) is 1. The number of carbonyl (C=O) groups is 2. The van der Waals surface area contributed by atoms with Crippen LogP contribution in [0.3, 0.4) is 0 Å². The minimum absolute atomic E-state index is 0.000413. The molecule has 1 aromatic carbocycles. The molecule has 0 spiro atoms. The van der Waals surface area contributed by atoms with Gasteiger partial charge in [-0.3, -0.25) is 0 Å². The van der Waals surface area contributed by atoms with E-state index in [-0.39, 0.29) is 22.7 Å². The van der Waals surface area contributed by atoms with Crippen LogP contribution in [-0.2, 0) is 4.74 Å². The van der Waals surface area contributed by atoms with Gasteiger partial charge in [0.1, 0.15) is 0 Å². The monoisotopic (exact) mass is 312 g/mol. The summed E-state index contributed by atoms with van der Waals surface area (Å²) >= 11 is 5.84. The van der Waals surface area contributed by atoms with E-state index in [2.05, 4.69) is 10.6 Å². The van der Waals surface area contributed by atoms with Crippen molar-refractivity contribution in [3.63, 3.8) is 0 Å². The van der Waals surface area contributed by atoms with Gasteiger partial charge in [-0.25, -0.2) is 9.59 Å². The predicted octanol–water partition coefficient (Wildman–Crippen LogP) is 2.58. The summed E-state index contributed by atoms with van der Waals surface area (Å²) in [6.07, 6.45) is 1.08. The Morgan fingerprint density at radius 1 is 1.48 bits per heavy atom. The van der Waals surface area contributed by atoms with Crippen LogP contribution in [0.4, 0.5) is 10.5 Å². The average molecular weight is 313 g/mol. The van der Waals surface area contributed by atoms with Crippen LogP contribution in [0.25, 0.3) is 0 Å². The summed E-state index contributed by atoms with van der Waals surface area (Å²) in [4.78, 5) is 22.6. The van der Waals surface area contributed by atoms with Crippen LogP contribution in [0.15, 0.2) is 18.2 Å². The van der Waals surface area contributed by atoms with Gasteiger partial charge in [0.25, 0.3) is 0 Å². The Morgan fingerprint density at radius 2 is 2.24 bits per heavy atom. The molecule has 1 saturated heterocycles. The third kappa shape index (κ3) is 4.09. The van der Waals surface area contributed by atoms with Crippen molar-refractivity contribution < 1.29 is 19.4 Å². The van der Waals surface area contributed by atoms with Crippen LogP contribution in [-0.4, -0.2) is 36.4 Å². The summed E-state index contributed by atoms with van der Waals surface area (Å²) in [5.74, 6) is -0.792. The maximum atomic E-state index is 11.8. The van der Waals surface area contributed by atoms with E-state index < -0.39 is 5.97 Å². The first-order chi connectivity index (χ1) is 9.97. The minimum Gasteiger partial charge on any atom is -0.478 e. The van der Waals surface area contributed by atoms with Crippen LogP contribution in [0.5, 0.6) is 0 Å². The summed E-state index contributed by atoms with van der Waals surface area (Å²) in [7, 11) is 0. The van der Waals surface area contributed by atoms with Gasteiger partial charge in [-0.15, -0.1) is 0 Å². The van der Waals surface area contributed by atoms with E-state index in [1.165, 1.54) is 18.2 Å². The third-order valence-electron chi connectivity index (χ3n) is 3.52. The molecule has 2 amide bonds. The highest BCUT2D eigenvalue weighted by Gasteiger charge is 2.24.